The third kappa shape index (κ3) is 3.29. The maximum atomic E-state index is 11.3. The number of aryl methyl sites for hydroxylation is 1. The zero-order valence-electron chi connectivity index (χ0n) is 12.3. The molecule has 0 aliphatic heterocycles. The van der Waals surface area contributed by atoms with Gasteiger partial charge in [-0.1, -0.05) is 30.3 Å². The Morgan fingerprint density at radius 1 is 1.25 bits per heavy atom. The van der Waals surface area contributed by atoms with Gasteiger partial charge in [-0.05, 0) is 30.5 Å². The molecular weight excluding hydrogens is 250 g/mol. The van der Waals surface area contributed by atoms with E-state index in [1.165, 1.54) is 29.6 Å². The molecule has 1 heterocycles. The summed E-state index contributed by atoms with van der Waals surface area (Å²) in [5, 5.41) is 0. The zero-order valence-corrected chi connectivity index (χ0v) is 12.3. The number of hydrogen-bond donors (Lipinski definition) is 0. The molecule has 2 aromatic rings. The molecule has 1 aromatic heterocycles. The van der Waals surface area contributed by atoms with Crippen LogP contribution in [0.1, 0.15) is 28.9 Å². The Kier molecular flexibility index (Phi) is 4.61. The Labute approximate surface area is 120 Å². The van der Waals surface area contributed by atoms with Crippen LogP contribution in [0.4, 0.5) is 0 Å². The normalized spacial score (nSPS) is 10.6. The van der Waals surface area contributed by atoms with Gasteiger partial charge in [0.1, 0.15) is 0 Å². The first-order valence-electron chi connectivity index (χ1n) is 6.86. The third-order valence-electron chi connectivity index (χ3n) is 3.70. The van der Waals surface area contributed by atoms with Gasteiger partial charge in [0, 0.05) is 24.9 Å². The van der Waals surface area contributed by atoms with Crippen LogP contribution in [0.25, 0.3) is 0 Å². The van der Waals surface area contributed by atoms with Crippen LogP contribution < -0.4 is 0 Å². The van der Waals surface area contributed by atoms with E-state index in [2.05, 4.69) is 48.9 Å². The topological polar surface area (TPSA) is 31.2 Å². The van der Waals surface area contributed by atoms with E-state index >= 15 is 0 Å². The van der Waals surface area contributed by atoms with Crippen molar-refractivity contribution in [3.8, 4) is 0 Å². The van der Waals surface area contributed by atoms with Crippen molar-refractivity contribution in [1.29, 1.82) is 0 Å². The van der Waals surface area contributed by atoms with E-state index in [9.17, 15) is 4.79 Å². The van der Waals surface area contributed by atoms with E-state index in [4.69, 9.17) is 4.74 Å². The highest BCUT2D eigenvalue weighted by Gasteiger charge is 2.11. The fourth-order valence-electron chi connectivity index (χ4n) is 2.53. The Hall–Kier alpha value is -2.03. The van der Waals surface area contributed by atoms with Crippen LogP contribution in [0.3, 0.4) is 0 Å². The minimum Gasteiger partial charge on any atom is -0.469 e. The van der Waals surface area contributed by atoms with Crippen molar-refractivity contribution in [1.82, 2.24) is 4.57 Å². The van der Waals surface area contributed by atoms with Crippen molar-refractivity contribution < 1.29 is 9.53 Å². The second kappa shape index (κ2) is 6.42. The van der Waals surface area contributed by atoms with E-state index in [0.29, 0.717) is 6.42 Å². The summed E-state index contributed by atoms with van der Waals surface area (Å²) in [6, 6.07) is 12.6. The fourth-order valence-corrected chi connectivity index (χ4v) is 2.53. The molecule has 0 N–H and O–H groups in total. The monoisotopic (exact) mass is 271 g/mol. The molecule has 0 saturated carbocycles. The quantitative estimate of drug-likeness (QED) is 0.783. The molecule has 0 amide bonds. The number of rotatable bonds is 5. The first kappa shape index (κ1) is 14.4. The molecular formula is C17H21NO2. The summed E-state index contributed by atoms with van der Waals surface area (Å²) in [5.74, 6) is -0.157. The molecule has 3 heteroatoms. The summed E-state index contributed by atoms with van der Waals surface area (Å²) < 4.78 is 6.91. The first-order valence-corrected chi connectivity index (χ1v) is 6.86. The van der Waals surface area contributed by atoms with Crippen molar-refractivity contribution in [2.75, 3.05) is 7.11 Å². The second-order valence-corrected chi connectivity index (χ2v) is 5.06. The predicted octanol–water partition coefficient (Wildman–Crippen LogP) is 3.03. The number of hydrogen-bond acceptors (Lipinski definition) is 2. The molecule has 0 fully saturated rings. The molecule has 0 aliphatic carbocycles. The molecule has 0 aliphatic rings. The number of methoxy groups -OCH3 is 1. The highest BCUT2D eigenvalue weighted by atomic mass is 16.5. The first-order chi connectivity index (χ1) is 9.61. The number of aromatic nitrogens is 1. The Morgan fingerprint density at radius 2 is 1.95 bits per heavy atom. The van der Waals surface area contributed by atoms with Crippen LogP contribution in [-0.4, -0.2) is 17.6 Å². The molecule has 0 spiro atoms. The average Bonchev–Trinajstić information content (AvgIpc) is 2.72. The molecule has 20 heavy (non-hydrogen) atoms. The Morgan fingerprint density at radius 3 is 2.60 bits per heavy atom. The van der Waals surface area contributed by atoms with Gasteiger partial charge < -0.3 is 9.30 Å². The Balaban J connectivity index is 2.14. The van der Waals surface area contributed by atoms with Crippen LogP contribution in [0, 0.1) is 6.92 Å². The lowest BCUT2D eigenvalue weighted by atomic mass is 10.1. The molecule has 3 nitrogen and oxygen atoms in total. The van der Waals surface area contributed by atoms with E-state index in [1.54, 1.807) is 0 Å². The maximum absolute atomic E-state index is 11.3. The lowest BCUT2D eigenvalue weighted by molar-refractivity contribution is -0.140. The van der Waals surface area contributed by atoms with Gasteiger partial charge in [0.15, 0.2) is 0 Å². The minimum atomic E-state index is -0.157. The van der Waals surface area contributed by atoms with Crippen LogP contribution in [0.5, 0.6) is 0 Å². The van der Waals surface area contributed by atoms with Crippen molar-refractivity contribution in [2.45, 2.75) is 26.2 Å². The van der Waals surface area contributed by atoms with Gasteiger partial charge in [0.2, 0.25) is 0 Å². The number of ether oxygens (including phenoxy) is 1. The standard InChI is InChI=1S/C17H21NO2/c1-13-11-15(12-14-7-5-4-6-8-14)18(2)16(13)9-10-17(19)20-3/h4-8,11H,9-10,12H2,1-3H3. The molecule has 0 atom stereocenters. The summed E-state index contributed by atoms with van der Waals surface area (Å²) in [4.78, 5) is 11.3. The number of nitrogens with zero attached hydrogens (tertiary/aromatic N) is 1. The van der Waals surface area contributed by atoms with Gasteiger partial charge in [-0.3, -0.25) is 4.79 Å². The van der Waals surface area contributed by atoms with Crippen LogP contribution in [0.2, 0.25) is 0 Å². The van der Waals surface area contributed by atoms with E-state index in [-0.39, 0.29) is 5.97 Å². The number of carbonyl (C=O) groups excluding carboxylic acids is 1. The second-order valence-electron chi connectivity index (χ2n) is 5.06. The summed E-state index contributed by atoms with van der Waals surface area (Å²) in [5.41, 5.74) is 5.02. The van der Waals surface area contributed by atoms with Crippen LogP contribution >= 0.6 is 0 Å². The van der Waals surface area contributed by atoms with Crippen molar-refractivity contribution in [3.63, 3.8) is 0 Å². The highest BCUT2D eigenvalue weighted by Crippen LogP contribution is 2.19. The van der Waals surface area contributed by atoms with E-state index in [0.717, 1.165) is 12.8 Å². The minimum absolute atomic E-state index is 0.157. The molecule has 2 rings (SSSR count). The summed E-state index contributed by atoms with van der Waals surface area (Å²) in [6.07, 6.45) is 2.07. The van der Waals surface area contributed by atoms with Gasteiger partial charge in [0.25, 0.3) is 0 Å². The molecule has 1 aromatic carbocycles. The van der Waals surface area contributed by atoms with E-state index in [1.807, 2.05) is 6.07 Å². The van der Waals surface area contributed by atoms with Gasteiger partial charge in [-0.25, -0.2) is 0 Å². The summed E-state index contributed by atoms with van der Waals surface area (Å²) in [6.45, 7) is 2.10. The molecule has 0 saturated heterocycles. The number of benzene rings is 1. The number of esters is 1. The molecule has 0 bridgehead atoms. The predicted molar refractivity (Wildman–Crippen MR) is 79.7 cm³/mol. The molecule has 0 unspecified atom stereocenters. The summed E-state index contributed by atoms with van der Waals surface area (Å²) in [7, 11) is 3.50. The highest BCUT2D eigenvalue weighted by molar-refractivity contribution is 5.69. The average molecular weight is 271 g/mol. The SMILES string of the molecule is COC(=O)CCc1c(C)cc(Cc2ccccc2)n1C. The van der Waals surface area contributed by atoms with Crippen LogP contribution in [-0.2, 0) is 29.4 Å². The summed E-state index contributed by atoms with van der Waals surface area (Å²) >= 11 is 0. The van der Waals surface area contributed by atoms with Gasteiger partial charge in [-0.2, -0.15) is 0 Å². The van der Waals surface area contributed by atoms with Crippen molar-refractivity contribution >= 4 is 5.97 Å². The fraction of sp³-hybridized carbons (Fsp3) is 0.353. The smallest absolute Gasteiger partial charge is 0.305 e. The lowest BCUT2D eigenvalue weighted by Crippen LogP contribution is -2.07. The number of carbonyl (C=O) groups is 1. The zero-order chi connectivity index (χ0) is 14.5. The van der Waals surface area contributed by atoms with E-state index < -0.39 is 0 Å². The lowest BCUT2D eigenvalue weighted by Gasteiger charge is -2.08. The van der Waals surface area contributed by atoms with Gasteiger partial charge in [0.05, 0.1) is 13.5 Å². The Bertz CT molecular complexity index is 585. The van der Waals surface area contributed by atoms with Crippen molar-refractivity contribution in [3.05, 3.63) is 58.9 Å². The van der Waals surface area contributed by atoms with Crippen LogP contribution in [0.15, 0.2) is 36.4 Å². The maximum Gasteiger partial charge on any atom is 0.305 e. The third-order valence-corrected chi connectivity index (χ3v) is 3.70. The largest absolute Gasteiger partial charge is 0.469 e. The van der Waals surface area contributed by atoms with Gasteiger partial charge in [-0.15, -0.1) is 0 Å². The molecule has 0 radical (unpaired) electrons. The molecule has 106 valence electrons. The van der Waals surface area contributed by atoms with Gasteiger partial charge >= 0.3 is 5.97 Å². The van der Waals surface area contributed by atoms with Crippen molar-refractivity contribution in [2.24, 2.45) is 7.05 Å².